The summed E-state index contributed by atoms with van der Waals surface area (Å²) in [5, 5.41) is 8.62. The van der Waals surface area contributed by atoms with Gasteiger partial charge in [-0.15, -0.1) is 0 Å². The lowest BCUT2D eigenvalue weighted by atomic mass is 10.1. The van der Waals surface area contributed by atoms with E-state index in [-0.39, 0.29) is 24.2 Å². The second-order valence-corrected chi connectivity index (χ2v) is 5.74. The Morgan fingerprint density at radius 1 is 1.08 bits per heavy atom. The third kappa shape index (κ3) is 5.77. The number of carbonyl (C=O) groups is 2. The molecular formula is C19H18F2N2O3. The Hall–Kier alpha value is -3.09. The van der Waals surface area contributed by atoms with Crippen LogP contribution in [0.25, 0.3) is 0 Å². The topological polar surface area (TPSA) is 92.8 Å². The maximum absolute atomic E-state index is 13.6. The van der Waals surface area contributed by atoms with Crippen LogP contribution in [0.1, 0.15) is 35.2 Å². The van der Waals surface area contributed by atoms with E-state index in [1.165, 1.54) is 0 Å². The normalized spacial score (nSPS) is 11.4. The summed E-state index contributed by atoms with van der Waals surface area (Å²) in [5.41, 5.74) is 7.00. The summed E-state index contributed by atoms with van der Waals surface area (Å²) < 4.78 is 26.5. The molecule has 7 heteroatoms. The fraction of sp³-hybridized carbons (Fsp3) is 0.211. The number of halogens is 2. The number of nitrogens with zero attached hydrogens (tertiary/aromatic N) is 1. The Bertz CT molecular complexity index is 833. The van der Waals surface area contributed by atoms with Crippen molar-refractivity contribution in [2.24, 2.45) is 10.7 Å². The second kappa shape index (κ2) is 8.84. The van der Waals surface area contributed by atoms with Crippen molar-refractivity contribution in [1.29, 1.82) is 0 Å². The van der Waals surface area contributed by atoms with Gasteiger partial charge in [-0.25, -0.2) is 13.8 Å². The Kier molecular flexibility index (Phi) is 6.54. The maximum Gasteiger partial charge on any atom is 0.303 e. The molecule has 0 radical (unpaired) electrons. The lowest BCUT2D eigenvalue weighted by Gasteiger charge is -2.04. The number of nitrogens with two attached hydrogens (primary N) is 1. The highest BCUT2D eigenvalue weighted by atomic mass is 19.1. The highest BCUT2D eigenvalue weighted by Crippen LogP contribution is 2.16. The number of carboxylic acid groups (broad SMARTS) is 1. The summed E-state index contributed by atoms with van der Waals surface area (Å²) in [6.45, 7) is 0. The molecule has 0 saturated carbocycles. The van der Waals surface area contributed by atoms with Crippen molar-refractivity contribution in [2.45, 2.75) is 25.7 Å². The standard InChI is InChI=1S/C19H18F2N2O3/c20-13-6-9-15(16(21)10-13)17(24)11-18(22)23-14-7-4-12(5-8-14)2-1-3-19(25)26/h4-10H,1-3,11H2,(H2,22,23)(H,25,26). The van der Waals surface area contributed by atoms with Crippen LogP contribution in [-0.2, 0) is 11.2 Å². The van der Waals surface area contributed by atoms with Crippen molar-refractivity contribution in [1.82, 2.24) is 0 Å². The monoisotopic (exact) mass is 360 g/mol. The summed E-state index contributed by atoms with van der Waals surface area (Å²) in [7, 11) is 0. The number of amidine groups is 1. The van der Waals surface area contributed by atoms with Crippen LogP contribution in [0.3, 0.4) is 0 Å². The molecule has 0 aromatic heterocycles. The molecule has 3 N–H and O–H groups in total. The minimum absolute atomic E-state index is 0.0114. The SMILES string of the molecule is NC(CC(=O)c1ccc(F)cc1F)=Nc1ccc(CCCC(=O)O)cc1. The van der Waals surface area contributed by atoms with Crippen LogP contribution in [0, 0.1) is 11.6 Å². The van der Waals surface area contributed by atoms with Crippen LogP contribution in [-0.4, -0.2) is 22.7 Å². The van der Waals surface area contributed by atoms with E-state index in [4.69, 9.17) is 10.8 Å². The highest BCUT2D eigenvalue weighted by Gasteiger charge is 2.14. The molecule has 2 rings (SSSR count). The number of aryl methyl sites for hydroxylation is 1. The van der Waals surface area contributed by atoms with Crippen LogP contribution in [0.4, 0.5) is 14.5 Å². The summed E-state index contributed by atoms with van der Waals surface area (Å²) in [6, 6.07) is 9.73. The van der Waals surface area contributed by atoms with E-state index in [1.54, 1.807) is 24.3 Å². The number of carboxylic acids is 1. The van der Waals surface area contributed by atoms with Gasteiger partial charge >= 0.3 is 5.97 Å². The van der Waals surface area contributed by atoms with Crippen molar-refractivity contribution < 1.29 is 23.5 Å². The van der Waals surface area contributed by atoms with Gasteiger partial charge in [0.1, 0.15) is 17.5 Å². The number of benzene rings is 2. The van der Waals surface area contributed by atoms with Crippen molar-refractivity contribution in [3.8, 4) is 0 Å². The summed E-state index contributed by atoms with van der Waals surface area (Å²) >= 11 is 0. The molecule has 2 aromatic rings. The molecule has 0 fully saturated rings. The fourth-order valence-corrected chi connectivity index (χ4v) is 2.36. The number of ketones is 1. The van der Waals surface area contributed by atoms with E-state index in [1.807, 2.05) is 0 Å². The van der Waals surface area contributed by atoms with Crippen LogP contribution < -0.4 is 5.73 Å². The smallest absolute Gasteiger partial charge is 0.303 e. The minimum atomic E-state index is -0.937. The van der Waals surface area contributed by atoms with Gasteiger partial charge in [0.2, 0.25) is 0 Å². The number of carbonyl (C=O) groups excluding carboxylic acids is 1. The highest BCUT2D eigenvalue weighted by molar-refractivity contribution is 6.09. The molecule has 0 bridgehead atoms. The first-order valence-corrected chi connectivity index (χ1v) is 7.97. The third-order valence-electron chi connectivity index (χ3n) is 3.64. The van der Waals surface area contributed by atoms with Gasteiger partial charge in [-0.05, 0) is 42.7 Å². The van der Waals surface area contributed by atoms with Crippen LogP contribution in [0.2, 0.25) is 0 Å². The van der Waals surface area contributed by atoms with E-state index < -0.39 is 23.4 Å². The molecule has 26 heavy (non-hydrogen) atoms. The molecule has 0 amide bonds. The van der Waals surface area contributed by atoms with Crippen LogP contribution in [0.15, 0.2) is 47.5 Å². The predicted octanol–water partition coefficient (Wildman–Crippen LogP) is 3.63. The number of aliphatic carboxylic acids is 1. The summed E-state index contributed by atoms with van der Waals surface area (Å²) in [5.74, 6) is -3.11. The Morgan fingerprint density at radius 3 is 2.38 bits per heavy atom. The van der Waals surface area contributed by atoms with Gasteiger partial charge in [0.25, 0.3) is 0 Å². The van der Waals surface area contributed by atoms with Crippen LogP contribution >= 0.6 is 0 Å². The number of rotatable bonds is 8. The number of aliphatic imine (C=N–C) groups is 1. The van der Waals surface area contributed by atoms with E-state index in [2.05, 4.69) is 4.99 Å². The zero-order chi connectivity index (χ0) is 19.1. The van der Waals surface area contributed by atoms with Crippen molar-refractivity contribution in [3.63, 3.8) is 0 Å². The Labute approximate surface area is 149 Å². The van der Waals surface area contributed by atoms with E-state index in [0.717, 1.165) is 17.7 Å². The first kappa shape index (κ1) is 19.2. The van der Waals surface area contributed by atoms with Crippen LogP contribution in [0.5, 0.6) is 0 Å². The molecule has 0 aliphatic heterocycles. The fourth-order valence-electron chi connectivity index (χ4n) is 2.36. The quantitative estimate of drug-likeness (QED) is 0.427. The molecule has 5 nitrogen and oxygen atoms in total. The van der Waals surface area contributed by atoms with Gasteiger partial charge in [0, 0.05) is 12.5 Å². The lowest BCUT2D eigenvalue weighted by Crippen LogP contribution is -2.17. The molecule has 0 aliphatic rings. The molecule has 136 valence electrons. The Morgan fingerprint density at radius 2 is 1.77 bits per heavy atom. The second-order valence-electron chi connectivity index (χ2n) is 5.74. The first-order chi connectivity index (χ1) is 12.3. The molecule has 0 spiro atoms. The molecular weight excluding hydrogens is 342 g/mol. The van der Waals surface area contributed by atoms with Crippen molar-refractivity contribution in [3.05, 3.63) is 65.2 Å². The number of hydrogen-bond acceptors (Lipinski definition) is 3. The molecule has 0 saturated heterocycles. The molecule has 0 aliphatic carbocycles. The summed E-state index contributed by atoms with van der Waals surface area (Å²) in [6.07, 6.45) is 0.990. The first-order valence-electron chi connectivity index (χ1n) is 7.97. The minimum Gasteiger partial charge on any atom is -0.481 e. The van der Waals surface area contributed by atoms with Gasteiger partial charge in [-0.3, -0.25) is 9.59 Å². The largest absolute Gasteiger partial charge is 0.481 e. The summed E-state index contributed by atoms with van der Waals surface area (Å²) in [4.78, 5) is 26.6. The third-order valence-corrected chi connectivity index (χ3v) is 3.64. The van der Waals surface area contributed by atoms with E-state index in [0.29, 0.717) is 24.6 Å². The zero-order valence-electron chi connectivity index (χ0n) is 13.9. The van der Waals surface area contributed by atoms with Gasteiger partial charge in [0.05, 0.1) is 17.7 Å². The maximum atomic E-state index is 13.6. The average molecular weight is 360 g/mol. The number of Topliss-reactive ketones (excluding diaryl/α,β-unsaturated/α-hetero) is 1. The number of hydrogen-bond donors (Lipinski definition) is 2. The van der Waals surface area contributed by atoms with Gasteiger partial charge in [0.15, 0.2) is 5.78 Å². The van der Waals surface area contributed by atoms with Gasteiger partial charge in [-0.2, -0.15) is 0 Å². The predicted molar refractivity (Wildman–Crippen MR) is 93.6 cm³/mol. The van der Waals surface area contributed by atoms with E-state index >= 15 is 0 Å². The van der Waals surface area contributed by atoms with Crippen molar-refractivity contribution >= 4 is 23.3 Å². The molecule has 0 atom stereocenters. The molecule has 0 unspecified atom stereocenters. The van der Waals surface area contributed by atoms with Crippen molar-refractivity contribution in [2.75, 3.05) is 0 Å². The van der Waals surface area contributed by atoms with Gasteiger partial charge < -0.3 is 10.8 Å². The molecule has 2 aromatic carbocycles. The van der Waals surface area contributed by atoms with E-state index in [9.17, 15) is 18.4 Å². The average Bonchev–Trinajstić information content (AvgIpc) is 2.55. The molecule has 0 heterocycles. The lowest BCUT2D eigenvalue weighted by molar-refractivity contribution is -0.137. The Balaban J connectivity index is 1.98. The zero-order valence-corrected chi connectivity index (χ0v) is 13.9. The van der Waals surface area contributed by atoms with Gasteiger partial charge in [-0.1, -0.05) is 12.1 Å².